The molecule has 64 valence electrons. The molecule has 1 aliphatic heterocycles. The van der Waals surface area contributed by atoms with Gasteiger partial charge in [-0.2, -0.15) is 0 Å². The maximum atomic E-state index is 3.50. The minimum absolute atomic E-state index is 0.701. The van der Waals surface area contributed by atoms with Crippen molar-refractivity contribution in [1.29, 1.82) is 0 Å². The molecule has 0 aromatic rings. The molecule has 2 heteroatoms. The molecule has 2 aliphatic rings. The molecule has 0 unspecified atom stereocenters. The van der Waals surface area contributed by atoms with E-state index >= 15 is 0 Å². The molecule has 1 N–H and O–H groups in total. The normalized spacial score (nSPS) is 40.9. The zero-order valence-corrected chi connectivity index (χ0v) is 7.51. The Hall–Kier alpha value is -0.0800. The largest absolute Gasteiger partial charge is 0.311 e. The van der Waals surface area contributed by atoms with Crippen LogP contribution in [0.5, 0.6) is 0 Å². The summed E-state index contributed by atoms with van der Waals surface area (Å²) in [6, 6.07) is 2.40. The van der Waals surface area contributed by atoms with E-state index in [-0.39, 0.29) is 0 Å². The molecule has 0 amide bonds. The SMILES string of the molecule is C[C@@H]1CN[C@@H](C)CN1C1CC1. The molecule has 0 aromatic heterocycles. The van der Waals surface area contributed by atoms with Gasteiger partial charge in [-0.15, -0.1) is 0 Å². The van der Waals surface area contributed by atoms with Crippen molar-refractivity contribution in [2.75, 3.05) is 13.1 Å². The van der Waals surface area contributed by atoms with Gasteiger partial charge in [-0.1, -0.05) is 0 Å². The highest BCUT2D eigenvalue weighted by atomic mass is 15.3. The molecule has 2 atom stereocenters. The summed E-state index contributed by atoms with van der Waals surface area (Å²) in [5.74, 6) is 0. The third-order valence-corrected chi connectivity index (χ3v) is 2.83. The van der Waals surface area contributed by atoms with Gasteiger partial charge in [0.1, 0.15) is 0 Å². The lowest BCUT2D eigenvalue weighted by Crippen LogP contribution is -2.54. The van der Waals surface area contributed by atoms with Crippen molar-refractivity contribution in [3.8, 4) is 0 Å². The van der Waals surface area contributed by atoms with Gasteiger partial charge in [0.15, 0.2) is 0 Å². The van der Waals surface area contributed by atoms with E-state index in [2.05, 4.69) is 24.1 Å². The Balaban J connectivity index is 1.93. The van der Waals surface area contributed by atoms with E-state index in [0.29, 0.717) is 6.04 Å². The number of hydrogen-bond donors (Lipinski definition) is 1. The van der Waals surface area contributed by atoms with Crippen molar-refractivity contribution < 1.29 is 0 Å². The topological polar surface area (TPSA) is 15.3 Å². The van der Waals surface area contributed by atoms with E-state index in [1.807, 2.05) is 0 Å². The summed E-state index contributed by atoms with van der Waals surface area (Å²) >= 11 is 0. The van der Waals surface area contributed by atoms with Crippen LogP contribution in [-0.4, -0.2) is 36.1 Å². The van der Waals surface area contributed by atoms with Crippen molar-refractivity contribution >= 4 is 0 Å². The van der Waals surface area contributed by atoms with Gasteiger partial charge in [-0.3, -0.25) is 4.90 Å². The fourth-order valence-corrected chi connectivity index (χ4v) is 1.96. The molecule has 0 spiro atoms. The van der Waals surface area contributed by atoms with E-state index in [1.165, 1.54) is 25.9 Å². The molecule has 1 saturated carbocycles. The molecule has 0 aromatic carbocycles. The smallest absolute Gasteiger partial charge is 0.0196 e. The highest BCUT2D eigenvalue weighted by molar-refractivity contribution is 4.92. The summed E-state index contributed by atoms with van der Waals surface area (Å²) in [5, 5.41) is 3.50. The molecule has 1 heterocycles. The summed E-state index contributed by atoms with van der Waals surface area (Å²) in [7, 11) is 0. The van der Waals surface area contributed by atoms with Crippen LogP contribution in [0.4, 0.5) is 0 Å². The van der Waals surface area contributed by atoms with Crippen molar-refractivity contribution in [3.63, 3.8) is 0 Å². The summed E-state index contributed by atoms with van der Waals surface area (Å²) in [4.78, 5) is 2.67. The first-order chi connectivity index (χ1) is 5.27. The molecule has 0 radical (unpaired) electrons. The number of nitrogens with zero attached hydrogens (tertiary/aromatic N) is 1. The molecular weight excluding hydrogens is 136 g/mol. The van der Waals surface area contributed by atoms with Crippen molar-refractivity contribution in [2.24, 2.45) is 0 Å². The summed E-state index contributed by atoms with van der Waals surface area (Å²) in [5.41, 5.74) is 0. The lowest BCUT2D eigenvalue weighted by atomic mass is 10.1. The van der Waals surface area contributed by atoms with E-state index in [4.69, 9.17) is 0 Å². The number of rotatable bonds is 1. The first-order valence-corrected chi connectivity index (χ1v) is 4.76. The monoisotopic (exact) mass is 154 g/mol. The fraction of sp³-hybridized carbons (Fsp3) is 1.00. The molecule has 11 heavy (non-hydrogen) atoms. The standard InChI is InChI=1S/C9H18N2/c1-7-6-11(9-3-4-9)8(2)5-10-7/h7-10H,3-6H2,1-2H3/t7-,8+/m0/s1. The van der Waals surface area contributed by atoms with Gasteiger partial charge in [0.05, 0.1) is 0 Å². The zero-order chi connectivity index (χ0) is 7.84. The van der Waals surface area contributed by atoms with Gasteiger partial charge >= 0.3 is 0 Å². The number of hydrogen-bond acceptors (Lipinski definition) is 2. The predicted molar refractivity (Wildman–Crippen MR) is 46.7 cm³/mol. The minimum Gasteiger partial charge on any atom is -0.311 e. The molecule has 1 saturated heterocycles. The lowest BCUT2D eigenvalue weighted by molar-refractivity contribution is 0.138. The summed E-state index contributed by atoms with van der Waals surface area (Å²) in [6.07, 6.45) is 2.88. The second-order valence-corrected chi connectivity index (χ2v) is 4.09. The van der Waals surface area contributed by atoms with Gasteiger partial charge in [-0.05, 0) is 26.7 Å². The summed E-state index contributed by atoms with van der Waals surface area (Å²) < 4.78 is 0. The highest BCUT2D eigenvalue weighted by Gasteiger charge is 2.34. The number of piperazine rings is 1. The van der Waals surface area contributed by atoms with E-state index < -0.39 is 0 Å². The highest BCUT2D eigenvalue weighted by Crippen LogP contribution is 2.29. The van der Waals surface area contributed by atoms with Crippen LogP contribution >= 0.6 is 0 Å². The molecular formula is C9H18N2. The quantitative estimate of drug-likeness (QED) is 0.602. The van der Waals surface area contributed by atoms with Gasteiger partial charge in [-0.25, -0.2) is 0 Å². The second kappa shape index (κ2) is 2.76. The third kappa shape index (κ3) is 1.57. The second-order valence-electron chi connectivity index (χ2n) is 4.09. The molecule has 0 bridgehead atoms. The van der Waals surface area contributed by atoms with E-state index in [0.717, 1.165) is 12.1 Å². The average Bonchev–Trinajstić information content (AvgIpc) is 2.76. The third-order valence-electron chi connectivity index (χ3n) is 2.83. The summed E-state index contributed by atoms with van der Waals surface area (Å²) in [6.45, 7) is 7.04. The first kappa shape index (κ1) is 7.56. The van der Waals surface area contributed by atoms with Crippen LogP contribution in [0.25, 0.3) is 0 Å². The Morgan fingerprint density at radius 3 is 2.64 bits per heavy atom. The van der Waals surface area contributed by atoms with E-state index in [1.54, 1.807) is 0 Å². The maximum absolute atomic E-state index is 3.50. The Bertz CT molecular complexity index is 142. The van der Waals surface area contributed by atoms with Crippen molar-refractivity contribution in [3.05, 3.63) is 0 Å². The molecule has 2 fully saturated rings. The Morgan fingerprint density at radius 1 is 1.27 bits per heavy atom. The van der Waals surface area contributed by atoms with Gasteiger partial charge in [0, 0.05) is 31.2 Å². The van der Waals surface area contributed by atoms with Crippen LogP contribution in [0.1, 0.15) is 26.7 Å². The lowest BCUT2D eigenvalue weighted by Gasteiger charge is -2.37. The molecule has 2 nitrogen and oxygen atoms in total. The van der Waals surface area contributed by atoms with Crippen LogP contribution < -0.4 is 5.32 Å². The minimum atomic E-state index is 0.701. The predicted octanol–water partition coefficient (Wildman–Crippen LogP) is 0.831. The van der Waals surface area contributed by atoms with Gasteiger partial charge in [0.25, 0.3) is 0 Å². The van der Waals surface area contributed by atoms with Crippen molar-refractivity contribution in [2.45, 2.75) is 44.8 Å². The molecule has 2 rings (SSSR count). The van der Waals surface area contributed by atoms with Crippen LogP contribution in [0.3, 0.4) is 0 Å². The van der Waals surface area contributed by atoms with Crippen LogP contribution in [0.2, 0.25) is 0 Å². The van der Waals surface area contributed by atoms with Crippen LogP contribution in [0, 0.1) is 0 Å². The Kier molecular flexibility index (Phi) is 1.90. The first-order valence-electron chi connectivity index (χ1n) is 4.76. The van der Waals surface area contributed by atoms with Gasteiger partial charge in [0.2, 0.25) is 0 Å². The fourth-order valence-electron chi connectivity index (χ4n) is 1.96. The zero-order valence-electron chi connectivity index (χ0n) is 7.51. The van der Waals surface area contributed by atoms with Crippen LogP contribution in [0.15, 0.2) is 0 Å². The van der Waals surface area contributed by atoms with Gasteiger partial charge < -0.3 is 5.32 Å². The Labute approximate surface area is 69.0 Å². The number of nitrogens with one attached hydrogen (secondary N) is 1. The van der Waals surface area contributed by atoms with Crippen molar-refractivity contribution in [1.82, 2.24) is 10.2 Å². The van der Waals surface area contributed by atoms with E-state index in [9.17, 15) is 0 Å². The molecule has 1 aliphatic carbocycles. The average molecular weight is 154 g/mol. The maximum Gasteiger partial charge on any atom is 0.0196 e. The Morgan fingerprint density at radius 2 is 2.00 bits per heavy atom. The van der Waals surface area contributed by atoms with Crippen LogP contribution in [-0.2, 0) is 0 Å².